The number of nitrogens with zero attached hydrogens (tertiary/aromatic N) is 1. The first kappa shape index (κ1) is 47.1. The number of hydrogen-bond acceptors (Lipinski definition) is 6. The molecule has 0 aliphatic carbocycles. The molecule has 0 aromatic carbocycles. The highest BCUT2D eigenvalue weighted by atomic mass is 16.6. The highest BCUT2D eigenvalue weighted by Gasteiger charge is 2.31. The lowest BCUT2D eigenvalue weighted by molar-refractivity contribution is -0.887. The number of aliphatic carboxylic acids is 1. The van der Waals surface area contributed by atoms with Gasteiger partial charge in [-0.1, -0.05) is 135 Å². The first-order valence-electron chi connectivity index (χ1n) is 20.2. The summed E-state index contributed by atoms with van der Waals surface area (Å²) in [6.07, 6.45) is 32.5. The molecular weight excluding hydrogens is 618 g/mol. The lowest BCUT2D eigenvalue weighted by Crippen LogP contribution is -2.50. The van der Waals surface area contributed by atoms with Crippen LogP contribution in [0.5, 0.6) is 0 Å². The summed E-state index contributed by atoms with van der Waals surface area (Å²) < 4.78 is 17.2. The van der Waals surface area contributed by atoms with E-state index < -0.39 is 18.1 Å². The van der Waals surface area contributed by atoms with Crippen LogP contribution >= 0.6 is 0 Å². The summed E-state index contributed by atoms with van der Waals surface area (Å²) in [6.45, 7) is 4.71. The molecule has 2 atom stereocenters. The van der Waals surface area contributed by atoms with Crippen molar-refractivity contribution >= 4 is 17.9 Å². The molecule has 0 saturated heterocycles. The standard InChI is InChI=1S/C41H77NO7/c1-6-8-10-12-14-16-18-19-20-22-24-26-28-30-32-40(44)49-37(35-47-34-33-38(41(45)46)42(3,4)5)36-48-39(43)31-29-27-25-23-21-17-15-13-11-9-7-2/h20,22,37-38H,6-19,21,23-36H2,1-5H3/p+1/b22-20+. The highest BCUT2D eigenvalue weighted by Crippen LogP contribution is 2.14. The van der Waals surface area contributed by atoms with Gasteiger partial charge in [-0.2, -0.15) is 0 Å². The van der Waals surface area contributed by atoms with Crippen molar-refractivity contribution in [2.24, 2.45) is 0 Å². The second-order valence-electron chi connectivity index (χ2n) is 14.9. The van der Waals surface area contributed by atoms with Crippen LogP contribution in [0.4, 0.5) is 0 Å². The smallest absolute Gasteiger partial charge is 0.362 e. The summed E-state index contributed by atoms with van der Waals surface area (Å²) in [5.41, 5.74) is 0. The summed E-state index contributed by atoms with van der Waals surface area (Å²) >= 11 is 0. The van der Waals surface area contributed by atoms with Gasteiger partial charge < -0.3 is 23.8 Å². The van der Waals surface area contributed by atoms with Crippen molar-refractivity contribution < 1.29 is 38.2 Å². The molecule has 2 unspecified atom stereocenters. The normalized spacial score (nSPS) is 13.1. The van der Waals surface area contributed by atoms with E-state index in [2.05, 4.69) is 26.0 Å². The highest BCUT2D eigenvalue weighted by molar-refractivity contribution is 5.72. The molecule has 0 bridgehead atoms. The van der Waals surface area contributed by atoms with Crippen LogP contribution in [0.25, 0.3) is 0 Å². The zero-order chi connectivity index (χ0) is 36.4. The molecule has 0 aromatic heterocycles. The maximum atomic E-state index is 12.7. The Kier molecular flexibility index (Phi) is 31.9. The Balaban J connectivity index is 4.41. The van der Waals surface area contributed by atoms with E-state index in [1.54, 1.807) is 0 Å². The van der Waals surface area contributed by atoms with E-state index in [1.165, 1.54) is 96.3 Å². The number of hydrogen-bond donors (Lipinski definition) is 1. The van der Waals surface area contributed by atoms with Crippen molar-refractivity contribution in [3.63, 3.8) is 0 Å². The van der Waals surface area contributed by atoms with Gasteiger partial charge in [0.1, 0.15) is 6.61 Å². The molecule has 0 heterocycles. The predicted octanol–water partition coefficient (Wildman–Crippen LogP) is 10.4. The molecule has 0 radical (unpaired) electrons. The molecule has 288 valence electrons. The van der Waals surface area contributed by atoms with Gasteiger partial charge in [-0.05, 0) is 38.5 Å². The largest absolute Gasteiger partial charge is 0.477 e. The molecule has 8 nitrogen and oxygen atoms in total. The summed E-state index contributed by atoms with van der Waals surface area (Å²) in [6, 6.07) is -0.611. The molecule has 49 heavy (non-hydrogen) atoms. The summed E-state index contributed by atoms with van der Waals surface area (Å²) in [7, 11) is 5.52. The Hall–Kier alpha value is -1.93. The maximum Gasteiger partial charge on any atom is 0.362 e. The van der Waals surface area contributed by atoms with E-state index in [-0.39, 0.29) is 36.2 Å². The quantitative estimate of drug-likeness (QED) is 0.0301. The number of rotatable bonds is 36. The van der Waals surface area contributed by atoms with Gasteiger partial charge in [0, 0.05) is 19.3 Å². The van der Waals surface area contributed by atoms with Crippen molar-refractivity contribution in [2.45, 2.75) is 193 Å². The molecule has 0 aliphatic rings. The van der Waals surface area contributed by atoms with Crippen molar-refractivity contribution in [1.29, 1.82) is 0 Å². The number of quaternary nitrogens is 1. The number of carboxylic acids is 1. The second-order valence-corrected chi connectivity index (χ2v) is 14.9. The van der Waals surface area contributed by atoms with E-state index in [9.17, 15) is 19.5 Å². The Bertz CT molecular complexity index is 823. The van der Waals surface area contributed by atoms with E-state index in [4.69, 9.17) is 14.2 Å². The number of ether oxygens (including phenoxy) is 3. The average Bonchev–Trinajstić information content (AvgIpc) is 3.05. The number of unbranched alkanes of at least 4 members (excludes halogenated alkanes) is 20. The van der Waals surface area contributed by atoms with Crippen LogP contribution in [0, 0.1) is 0 Å². The number of carbonyl (C=O) groups is 3. The van der Waals surface area contributed by atoms with Crippen molar-refractivity contribution in [1.82, 2.24) is 0 Å². The van der Waals surface area contributed by atoms with E-state index in [0.29, 0.717) is 19.3 Å². The molecule has 8 heteroatoms. The number of allylic oxidation sites excluding steroid dienone is 2. The average molecular weight is 697 g/mol. The molecule has 0 fully saturated rings. The monoisotopic (exact) mass is 697 g/mol. The minimum absolute atomic E-state index is 0.0518. The first-order chi connectivity index (χ1) is 23.6. The fourth-order valence-electron chi connectivity index (χ4n) is 5.97. The van der Waals surface area contributed by atoms with Crippen LogP contribution in [-0.4, -0.2) is 80.6 Å². The van der Waals surface area contributed by atoms with Crippen LogP contribution in [-0.2, 0) is 28.6 Å². The van der Waals surface area contributed by atoms with E-state index >= 15 is 0 Å². The number of carboxylic acid groups (broad SMARTS) is 1. The van der Waals surface area contributed by atoms with Gasteiger partial charge in [0.15, 0.2) is 12.1 Å². The fourth-order valence-corrected chi connectivity index (χ4v) is 5.97. The second kappa shape index (κ2) is 33.2. The lowest BCUT2D eigenvalue weighted by Gasteiger charge is -2.31. The Labute approximate surface area is 301 Å². The Morgan fingerprint density at radius 1 is 0.592 bits per heavy atom. The van der Waals surface area contributed by atoms with Crippen LogP contribution in [0.3, 0.4) is 0 Å². The van der Waals surface area contributed by atoms with E-state index in [1.807, 2.05) is 21.1 Å². The Morgan fingerprint density at radius 2 is 1.02 bits per heavy atom. The van der Waals surface area contributed by atoms with Gasteiger partial charge >= 0.3 is 17.9 Å². The lowest BCUT2D eigenvalue weighted by atomic mass is 10.1. The third-order valence-corrected chi connectivity index (χ3v) is 9.16. The fraction of sp³-hybridized carbons (Fsp3) is 0.878. The Morgan fingerprint density at radius 3 is 1.49 bits per heavy atom. The first-order valence-corrected chi connectivity index (χ1v) is 20.2. The van der Waals surface area contributed by atoms with E-state index in [0.717, 1.165) is 51.4 Å². The third-order valence-electron chi connectivity index (χ3n) is 9.16. The summed E-state index contributed by atoms with van der Waals surface area (Å²) in [4.78, 5) is 36.8. The molecule has 0 saturated carbocycles. The molecule has 0 aliphatic heterocycles. The molecule has 0 spiro atoms. The minimum Gasteiger partial charge on any atom is -0.477 e. The maximum absolute atomic E-state index is 12.7. The van der Waals surface area contributed by atoms with Gasteiger partial charge in [-0.15, -0.1) is 0 Å². The number of esters is 2. The van der Waals surface area contributed by atoms with Crippen LogP contribution < -0.4 is 0 Å². The van der Waals surface area contributed by atoms with Crippen LogP contribution in [0.1, 0.15) is 181 Å². The summed E-state index contributed by atoms with van der Waals surface area (Å²) in [5.74, 6) is -1.48. The van der Waals surface area contributed by atoms with Crippen molar-refractivity contribution in [2.75, 3.05) is 41.0 Å². The topological polar surface area (TPSA) is 99.1 Å². The van der Waals surface area contributed by atoms with Gasteiger partial charge in [0.05, 0.1) is 34.4 Å². The van der Waals surface area contributed by atoms with Gasteiger partial charge in [0.2, 0.25) is 0 Å². The van der Waals surface area contributed by atoms with Gasteiger partial charge in [-0.25, -0.2) is 4.79 Å². The zero-order valence-electron chi connectivity index (χ0n) is 32.7. The molecule has 0 amide bonds. The molecular formula is C41H78NO7+. The molecule has 0 aromatic rings. The van der Waals surface area contributed by atoms with Gasteiger partial charge in [0.25, 0.3) is 0 Å². The SMILES string of the molecule is CCCCCCCCC/C=C/CCCCCC(=O)OC(COCCC(C(=O)O)[N+](C)(C)C)COC(=O)CCCCCCCCCCCCC. The predicted molar refractivity (Wildman–Crippen MR) is 202 cm³/mol. The van der Waals surface area contributed by atoms with Crippen LogP contribution in [0.15, 0.2) is 12.2 Å². The van der Waals surface area contributed by atoms with Crippen molar-refractivity contribution in [3.8, 4) is 0 Å². The number of carbonyl (C=O) groups excluding carboxylic acids is 2. The molecule has 0 rings (SSSR count). The minimum atomic E-state index is -0.876. The zero-order valence-corrected chi connectivity index (χ0v) is 32.7. The number of likely N-dealkylation sites (N-methyl/N-ethyl adjacent to an activating group) is 1. The van der Waals surface area contributed by atoms with Crippen LogP contribution in [0.2, 0.25) is 0 Å². The van der Waals surface area contributed by atoms with Gasteiger partial charge in [-0.3, -0.25) is 9.59 Å². The summed E-state index contributed by atoms with van der Waals surface area (Å²) in [5, 5.41) is 9.58. The molecule has 1 N–H and O–H groups in total. The third kappa shape index (κ3) is 31.8. The van der Waals surface area contributed by atoms with Crippen molar-refractivity contribution in [3.05, 3.63) is 12.2 Å².